The number of H-pyrrole nitrogens is 1. The lowest BCUT2D eigenvalue weighted by atomic mass is 10.2. The summed E-state index contributed by atoms with van der Waals surface area (Å²) in [6.07, 6.45) is 1.00. The van der Waals surface area contributed by atoms with Crippen LogP contribution in [-0.2, 0) is 4.74 Å². The van der Waals surface area contributed by atoms with Crippen molar-refractivity contribution in [2.75, 3.05) is 24.4 Å². The van der Waals surface area contributed by atoms with Crippen LogP contribution in [0.2, 0.25) is 0 Å². The molecule has 0 aliphatic rings. The molecule has 0 radical (unpaired) electrons. The maximum absolute atomic E-state index is 14.0. The van der Waals surface area contributed by atoms with Crippen molar-refractivity contribution in [3.8, 4) is 5.75 Å². The Kier molecular flexibility index (Phi) is 6.08. The first-order valence-corrected chi connectivity index (χ1v) is 9.56. The Balaban J connectivity index is 1.80. The van der Waals surface area contributed by atoms with Crippen LogP contribution >= 0.6 is 0 Å². The van der Waals surface area contributed by atoms with Gasteiger partial charge in [0.05, 0.1) is 25.4 Å². The predicted molar refractivity (Wildman–Crippen MR) is 115 cm³/mol. The Bertz CT molecular complexity index is 1420. The van der Waals surface area contributed by atoms with Crippen LogP contribution < -0.4 is 20.7 Å². The highest BCUT2D eigenvalue weighted by molar-refractivity contribution is 5.95. The number of hydrogen-bond acceptors (Lipinski definition) is 9. The molecule has 2 aromatic heterocycles. The van der Waals surface area contributed by atoms with Crippen molar-refractivity contribution in [1.82, 2.24) is 15.0 Å². The summed E-state index contributed by atoms with van der Waals surface area (Å²) in [5.41, 5.74) is 0.551. The number of carbonyl (C=O) groups excluding carboxylic acids is 1. The molecule has 0 amide bonds. The second kappa shape index (κ2) is 9.13. The summed E-state index contributed by atoms with van der Waals surface area (Å²) < 4.78 is 56.6. The van der Waals surface area contributed by atoms with Gasteiger partial charge in [0.1, 0.15) is 17.1 Å². The highest BCUT2D eigenvalue weighted by atomic mass is 19.3. The van der Waals surface area contributed by atoms with Crippen LogP contribution in [0.1, 0.15) is 10.4 Å². The third kappa shape index (κ3) is 4.48. The highest BCUT2D eigenvalue weighted by Gasteiger charge is 2.26. The van der Waals surface area contributed by atoms with Crippen molar-refractivity contribution in [2.45, 2.75) is 6.55 Å². The Morgan fingerprint density at radius 1 is 1.21 bits per heavy atom. The van der Waals surface area contributed by atoms with Crippen LogP contribution in [0, 0.1) is 5.82 Å². The number of carbonyl (C=O) groups is 1. The topological polar surface area (TPSA) is 123 Å². The van der Waals surface area contributed by atoms with Crippen LogP contribution in [0.15, 0.2) is 51.8 Å². The Labute approximate surface area is 188 Å². The van der Waals surface area contributed by atoms with Crippen molar-refractivity contribution in [1.29, 1.82) is 0 Å². The molecule has 13 heteroatoms. The first kappa shape index (κ1) is 22.6. The van der Waals surface area contributed by atoms with E-state index in [1.807, 2.05) is 0 Å². The fraction of sp³-hybridized carbons (Fsp3) is 0.143. The number of aromatic amines is 1. The van der Waals surface area contributed by atoms with E-state index in [1.54, 1.807) is 0 Å². The van der Waals surface area contributed by atoms with E-state index in [0.29, 0.717) is 16.1 Å². The SMILES string of the molecule is COC(=O)c1cnc(N(c2cc(F)cc(OC)c2)C(F)F)nc1Nc1ccc2oc(=O)[nH]c2c1. The van der Waals surface area contributed by atoms with Gasteiger partial charge in [-0.1, -0.05) is 0 Å². The highest BCUT2D eigenvalue weighted by Crippen LogP contribution is 2.32. The molecule has 0 atom stereocenters. The average Bonchev–Trinajstić information content (AvgIpc) is 3.17. The molecule has 0 unspecified atom stereocenters. The zero-order valence-electron chi connectivity index (χ0n) is 17.6. The number of nitrogens with one attached hydrogen (secondary N) is 2. The van der Waals surface area contributed by atoms with E-state index in [4.69, 9.17) is 13.9 Å². The van der Waals surface area contributed by atoms with Gasteiger partial charge in [-0.15, -0.1) is 0 Å². The third-order valence-corrected chi connectivity index (χ3v) is 4.64. The number of ether oxygens (including phenoxy) is 2. The molecule has 4 rings (SSSR count). The molecule has 0 bridgehead atoms. The summed E-state index contributed by atoms with van der Waals surface area (Å²) in [7, 11) is 2.39. The quantitative estimate of drug-likeness (QED) is 0.302. The molecule has 0 fully saturated rings. The maximum Gasteiger partial charge on any atom is 0.417 e. The summed E-state index contributed by atoms with van der Waals surface area (Å²) in [5, 5.41) is 2.82. The lowest BCUT2D eigenvalue weighted by Gasteiger charge is -2.23. The fourth-order valence-corrected chi connectivity index (χ4v) is 3.13. The number of nitrogens with zero attached hydrogens (tertiary/aromatic N) is 3. The first-order valence-electron chi connectivity index (χ1n) is 9.56. The molecular formula is C21H16F3N5O5. The first-order chi connectivity index (χ1) is 16.3. The number of halogens is 3. The van der Waals surface area contributed by atoms with Gasteiger partial charge in [-0.25, -0.2) is 19.0 Å². The Morgan fingerprint density at radius 3 is 2.71 bits per heavy atom. The van der Waals surface area contributed by atoms with Gasteiger partial charge in [0.15, 0.2) is 11.4 Å². The van der Waals surface area contributed by atoms with Crippen molar-refractivity contribution in [2.24, 2.45) is 0 Å². The van der Waals surface area contributed by atoms with Crippen molar-refractivity contribution >= 4 is 40.2 Å². The van der Waals surface area contributed by atoms with Crippen molar-refractivity contribution in [3.05, 3.63) is 64.5 Å². The maximum atomic E-state index is 14.0. The summed E-state index contributed by atoms with van der Waals surface area (Å²) in [4.78, 5) is 34.4. The molecule has 0 saturated heterocycles. The lowest BCUT2D eigenvalue weighted by Crippen LogP contribution is -2.26. The van der Waals surface area contributed by atoms with E-state index in [9.17, 15) is 22.8 Å². The number of oxazole rings is 1. The van der Waals surface area contributed by atoms with Gasteiger partial charge < -0.3 is 19.2 Å². The van der Waals surface area contributed by atoms with Gasteiger partial charge in [0.2, 0.25) is 5.95 Å². The molecule has 176 valence electrons. The zero-order chi connectivity index (χ0) is 24.4. The van der Waals surface area contributed by atoms with Crippen LogP contribution in [0.3, 0.4) is 0 Å². The molecule has 4 aromatic rings. The summed E-state index contributed by atoms with van der Waals surface area (Å²) in [6.45, 7) is -3.17. The van der Waals surface area contributed by atoms with E-state index in [1.165, 1.54) is 31.4 Å². The number of rotatable bonds is 7. The van der Waals surface area contributed by atoms with Crippen molar-refractivity contribution in [3.63, 3.8) is 0 Å². The van der Waals surface area contributed by atoms with Gasteiger partial charge in [0.25, 0.3) is 0 Å². The molecule has 2 aromatic carbocycles. The Morgan fingerprint density at radius 2 is 2.00 bits per heavy atom. The van der Waals surface area contributed by atoms with Gasteiger partial charge in [-0.3, -0.25) is 9.88 Å². The number of methoxy groups -OCH3 is 2. The van der Waals surface area contributed by atoms with Gasteiger partial charge in [0, 0.05) is 24.0 Å². The van der Waals surface area contributed by atoms with E-state index < -0.39 is 30.0 Å². The van der Waals surface area contributed by atoms with E-state index in [-0.39, 0.29) is 28.4 Å². The predicted octanol–water partition coefficient (Wildman–Crippen LogP) is 3.95. The van der Waals surface area contributed by atoms with E-state index in [2.05, 4.69) is 20.3 Å². The van der Waals surface area contributed by atoms with Gasteiger partial charge in [-0.05, 0) is 24.3 Å². The molecule has 2 heterocycles. The number of esters is 1. The number of fused-ring (bicyclic) bond motifs is 1. The molecule has 0 saturated carbocycles. The van der Waals surface area contributed by atoms with Gasteiger partial charge in [-0.2, -0.15) is 13.8 Å². The van der Waals surface area contributed by atoms with Crippen LogP contribution in [0.5, 0.6) is 5.75 Å². The minimum absolute atomic E-state index is 0.00702. The monoisotopic (exact) mass is 475 g/mol. The number of aromatic nitrogens is 3. The third-order valence-electron chi connectivity index (χ3n) is 4.64. The number of hydrogen-bond donors (Lipinski definition) is 2. The summed E-state index contributed by atoms with van der Waals surface area (Å²) in [6, 6.07) is 7.57. The second-order valence-corrected chi connectivity index (χ2v) is 6.77. The van der Waals surface area contributed by atoms with Crippen LogP contribution in [-0.4, -0.2) is 41.7 Å². The smallest absolute Gasteiger partial charge is 0.417 e. The lowest BCUT2D eigenvalue weighted by molar-refractivity contribution is 0.0601. The number of alkyl halides is 2. The van der Waals surface area contributed by atoms with Crippen LogP contribution in [0.25, 0.3) is 11.1 Å². The molecule has 0 spiro atoms. The minimum atomic E-state index is -3.17. The van der Waals surface area contributed by atoms with Gasteiger partial charge >= 0.3 is 18.3 Å². The average molecular weight is 475 g/mol. The Hall–Kier alpha value is -4.55. The molecule has 0 aliphatic carbocycles. The molecule has 0 aliphatic heterocycles. The minimum Gasteiger partial charge on any atom is -0.497 e. The zero-order valence-corrected chi connectivity index (χ0v) is 17.6. The molecule has 10 nitrogen and oxygen atoms in total. The van der Waals surface area contributed by atoms with Crippen molar-refractivity contribution < 1.29 is 31.9 Å². The van der Waals surface area contributed by atoms with Crippen LogP contribution in [0.4, 0.5) is 36.3 Å². The van der Waals surface area contributed by atoms with E-state index >= 15 is 0 Å². The normalized spacial score (nSPS) is 11.0. The molecular weight excluding hydrogens is 459 g/mol. The molecule has 34 heavy (non-hydrogen) atoms. The summed E-state index contributed by atoms with van der Waals surface area (Å²) >= 11 is 0. The second-order valence-electron chi connectivity index (χ2n) is 6.77. The fourth-order valence-electron chi connectivity index (χ4n) is 3.13. The standard InChI is InChI=1S/C21H16F3N5O5/c1-32-13-6-10(22)5-12(8-13)29(19(23)24)20-25-9-14(18(30)33-2)17(28-20)26-11-3-4-16-15(7-11)27-21(31)34-16/h3-9,19H,1-2H3,(H,27,31)(H,25,26,28). The van der Waals surface area contributed by atoms with E-state index in [0.717, 1.165) is 25.4 Å². The number of benzene rings is 2. The summed E-state index contributed by atoms with van der Waals surface area (Å²) in [5.74, 6) is -3.00. The largest absolute Gasteiger partial charge is 0.497 e. The number of anilines is 4. The molecule has 2 N–H and O–H groups in total.